The average Bonchev–Trinajstić information content (AvgIpc) is 2.21. The molecule has 0 unspecified atom stereocenters. The van der Waals surface area contributed by atoms with Crippen LogP contribution in [0.2, 0.25) is 0 Å². The van der Waals surface area contributed by atoms with Crippen molar-refractivity contribution in [2.45, 2.75) is 0 Å². The van der Waals surface area contributed by atoms with Crippen molar-refractivity contribution in [1.82, 2.24) is 19.9 Å². The molecule has 4 nitrogen and oxygen atoms in total. The molecule has 0 atom stereocenters. The van der Waals surface area contributed by atoms with E-state index < -0.39 is 0 Å². The topological polar surface area (TPSA) is 51.6 Å². The summed E-state index contributed by atoms with van der Waals surface area (Å²) in [7, 11) is 0. The van der Waals surface area contributed by atoms with E-state index in [4.69, 9.17) is 0 Å². The predicted octanol–water partition coefficient (Wildman–Crippen LogP) is 0.734. The highest BCUT2D eigenvalue weighted by Gasteiger charge is 1.96. The van der Waals surface area contributed by atoms with Gasteiger partial charge in [0.25, 0.3) is 0 Å². The Hall–Kier alpha value is -1.84. The number of aromatic nitrogens is 4. The fraction of sp³-hybridized carbons (Fsp3) is 0. The highest BCUT2D eigenvalue weighted by Crippen LogP contribution is 2.09. The highest BCUT2D eigenvalue weighted by molar-refractivity contribution is 5.51. The van der Waals surface area contributed by atoms with Crippen LogP contribution >= 0.6 is 0 Å². The lowest BCUT2D eigenvalue weighted by atomic mass is 10.3. The maximum Gasteiger partial charge on any atom is 0.116 e. The molecule has 0 bridgehead atoms. The SMILES string of the molecule is [c]1cc(-c2ccncn2)ncn1. The maximum absolute atomic E-state index is 4.03. The molecule has 0 aliphatic rings. The van der Waals surface area contributed by atoms with Crippen LogP contribution in [0.4, 0.5) is 0 Å². The maximum atomic E-state index is 4.03. The molecule has 2 rings (SSSR count). The predicted molar refractivity (Wildman–Crippen MR) is 41.9 cm³/mol. The van der Waals surface area contributed by atoms with Gasteiger partial charge in [-0.2, -0.15) is 0 Å². The first-order chi connectivity index (χ1) is 5.97. The molecule has 0 saturated heterocycles. The van der Waals surface area contributed by atoms with E-state index in [2.05, 4.69) is 26.1 Å². The Balaban J connectivity index is 2.46. The summed E-state index contributed by atoms with van der Waals surface area (Å²) in [6.45, 7) is 0. The first-order valence-corrected chi connectivity index (χ1v) is 3.41. The lowest BCUT2D eigenvalue weighted by molar-refractivity contribution is 1.12. The Bertz CT molecular complexity index is 308. The molecular formula is C8H5N4. The van der Waals surface area contributed by atoms with Crippen molar-refractivity contribution >= 4 is 0 Å². The van der Waals surface area contributed by atoms with Gasteiger partial charge >= 0.3 is 0 Å². The Morgan fingerprint density at radius 3 is 2.67 bits per heavy atom. The number of rotatable bonds is 1. The zero-order chi connectivity index (χ0) is 8.23. The second kappa shape index (κ2) is 3.04. The number of nitrogens with zero attached hydrogens (tertiary/aromatic N) is 4. The van der Waals surface area contributed by atoms with Gasteiger partial charge in [-0.1, -0.05) is 0 Å². The molecule has 4 heteroatoms. The Morgan fingerprint density at radius 1 is 1.08 bits per heavy atom. The minimum atomic E-state index is 0.757. The second-order valence-electron chi connectivity index (χ2n) is 2.13. The largest absolute Gasteiger partial charge is 0.245 e. The van der Waals surface area contributed by atoms with Gasteiger partial charge in [0, 0.05) is 6.20 Å². The molecule has 0 saturated carbocycles. The van der Waals surface area contributed by atoms with Gasteiger partial charge in [-0.05, 0) is 12.1 Å². The van der Waals surface area contributed by atoms with E-state index in [1.54, 1.807) is 18.3 Å². The van der Waals surface area contributed by atoms with Gasteiger partial charge in [0.2, 0.25) is 0 Å². The van der Waals surface area contributed by atoms with Crippen LogP contribution in [-0.2, 0) is 0 Å². The van der Waals surface area contributed by atoms with Crippen LogP contribution in [0, 0.1) is 6.20 Å². The van der Waals surface area contributed by atoms with E-state index in [9.17, 15) is 0 Å². The molecule has 0 amide bonds. The Kier molecular flexibility index (Phi) is 1.74. The average molecular weight is 157 g/mol. The summed E-state index contributed by atoms with van der Waals surface area (Å²) >= 11 is 0. The lowest BCUT2D eigenvalue weighted by Gasteiger charge is -1.94. The molecule has 0 aliphatic carbocycles. The van der Waals surface area contributed by atoms with Gasteiger partial charge in [-0.25, -0.2) is 19.9 Å². The van der Waals surface area contributed by atoms with Crippen molar-refractivity contribution in [1.29, 1.82) is 0 Å². The zero-order valence-electron chi connectivity index (χ0n) is 6.18. The van der Waals surface area contributed by atoms with E-state index in [-0.39, 0.29) is 0 Å². The summed E-state index contributed by atoms with van der Waals surface area (Å²) < 4.78 is 0. The van der Waals surface area contributed by atoms with Gasteiger partial charge in [0.05, 0.1) is 17.6 Å². The molecule has 1 radical (unpaired) electrons. The van der Waals surface area contributed by atoms with Crippen molar-refractivity contribution < 1.29 is 0 Å². The summed E-state index contributed by atoms with van der Waals surface area (Å²) in [5.74, 6) is 0. The van der Waals surface area contributed by atoms with E-state index in [1.165, 1.54) is 12.7 Å². The second-order valence-corrected chi connectivity index (χ2v) is 2.13. The molecule has 0 fully saturated rings. The molecule has 12 heavy (non-hydrogen) atoms. The van der Waals surface area contributed by atoms with Crippen molar-refractivity contribution in [3.63, 3.8) is 0 Å². The summed E-state index contributed by atoms with van der Waals surface area (Å²) in [6.07, 6.45) is 7.28. The van der Waals surface area contributed by atoms with E-state index >= 15 is 0 Å². The van der Waals surface area contributed by atoms with Gasteiger partial charge in [0.1, 0.15) is 12.7 Å². The minimum absolute atomic E-state index is 0.757. The van der Waals surface area contributed by atoms with Crippen molar-refractivity contribution in [3.8, 4) is 11.4 Å². The molecule has 0 N–H and O–H groups in total. The summed E-state index contributed by atoms with van der Waals surface area (Å²) in [6, 6.07) is 3.47. The van der Waals surface area contributed by atoms with E-state index in [1.807, 2.05) is 0 Å². The van der Waals surface area contributed by atoms with Crippen LogP contribution in [0.25, 0.3) is 11.4 Å². The summed E-state index contributed by atoms with van der Waals surface area (Å²) in [5, 5.41) is 0. The smallest absolute Gasteiger partial charge is 0.116 e. The van der Waals surface area contributed by atoms with Gasteiger partial charge < -0.3 is 0 Å². The van der Waals surface area contributed by atoms with Crippen molar-refractivity contribution in [2.24, 2.45) is 0 Å². The third-order valence-corrected chi connectivity index (χ3v) is 1.37. The normalized spacial score (nSPS) is 9.67. The van der Waals surface area contributed by atoms with E-state index in [0.29, 0.717) is 0 Å². The number of hydrogen-bond donors (Lipinski definition) is 0. The van der Waals surface area contributed by atoms with Crippen LogP contribution in [0.3, 0.4) is 0 Å². The molecular weight excluding hydrogens is 152 g/mol. The Morgan fingerprint density at radius 2 is 2.00 bits per heavy atom. The van der Waals surface area contributed by atoms with Crippen LogP contribution in [0.1, 0.15) is 0 Å². The van der Waals surface area contributed by atoms with Crippen LogP contribution in [-0.4, -0.2) is 19.9 Å². The van der Waals surface area contributed by atoms with Gasteiger partial charge in [-0.3, -0.25) is 0 Å². The third-order valence-electron chi connectivity index (χ3n) is 1.37. The van der Waals surface area contributed by atoms with Gasteiger partial charge in [-0.15, -0.1) is 0 Å². The first-order valence-electron chi connectivity index (χ1n) is 3.41. The molecule has 0 spiro atoms. The molecule has 0 aromatic carbocycles. The number of hydrogen-bond acceptors (Lipinski definition) is 4. The molecule has 2 aromatic heterocycles. The summed E-state index contributed by atoms with van der Waals surface area (Å²) in [4.78, 5) is 15.5. The Labute approximate surface area is 69.4 Å². The molecule has 0 aliphatic heterocycles. The molecule has 2 heterocycles. The third kappa shape index (κ3) is 1.27. The summed E-state index contributed by atoms with van der Waals surface area (Å²) in [5.41, 5.74) is 1.54. The zero-order valence-corrected chi connectivity index (χ0v) is 6.18. The van der Waals surface area contributed by atoms with Crippen LogP contribution in [0.15, 0.2) is 31.0 Å². The fourth-order valence-electron chi connectivity index (χ4n) is 0.842. The lowest BCUT2D eigenvalue weighted by Crippen LogP contribution is -1.87. The molecule has 2 aromatic rings. The standard InChI is InChI=1S/C8H5N4/c1-3-9-5-11-7(1)8-2-4-10-6-12-8/h1-3,5-6H. The quantitative estimate of drug-likeness (QED) is 0.612. The van der Waals surface area contributed by atoms with Crippen molar-refractivity contribution in [2.75, 3.05) is 0 Å². The molecule has 57 valence electrons. The van der Waals surface area contributed by atoms with Gasteiger partial charge in [0.15, 0.2) is 0 Å². The van der Waals surface area contributed by atoms with E-state index in [0.717, 1.165) is 11.4 Å². The fourth-order valence-corrected chi connectivity index (χ4v) is 0.842. The minimum Gasteiger partial charge on any atom is -0.245 e. The van der Waals surface area contributed by atoms with Crippen LogP contribution < -0.4 is 0 Å². The monoisotopic (exact) mass is 157 g/mol. The van der Waals surface area contributed by atoms with Crippen molar-refractivity contribution in [3.05, 3.63) is 37.2 Å². The van der Waals surface area contributed by atoms with Crippen LogP contribution in [0.5, 0.6) is 0 Å². The first kappa shape index (κ1) is 6.84. The highest BCUT2D eigenvalue weighted by atomic mass is 14.9.